The Morgan fingerprint density at radius 3 is 2.27 bits per heavy atom. The number of carbonyl (C=O) groups excluding carboxylic acids is 4. The maximum absolute atomic E-state index is 13.2. The van der Waals surface area contributed by atoms with E-state index in [1.165, 1.54) is 36.1 Å². The van der Waals surface area contributed by atoms with Crippen molar-refractivity contribution < 1.29 is 23.6 Å². The Morgan fingerprint density at radius 2 is 1.67 bits per heavy atom. The Balaban J connectivity index is 1.67. The number of amides is 4. The normalized spacial score (nSPS) is 16.2. The number of ketones is 1. The van der Waals surface area contributed by atoms with Crippen LogP contribution in [-0.2, 0) is 16.0 Å². The first kappa shape index (κ1) is 21.2. The summed E-state index contributed by atoms with van der Waals surface area (Å²) in [6.45, 7) is 3.14. The van der Waals surface area contributed by atoms with Crippen molar-refractivity contribution in [2.24, 2.45) is 0 Å². The summed E-state index contributed by atoms with van der Waals surface area (Å²) in [6, 6.07) is 10.7. The second kappa shape index (κ2) is 8.86. The van der Waals surface area contributed by atoms with Crippen LogP contribution in [0.1, 0.15) is 29.8 Å². The lowest BCUT2D eigenvalue weighted by Crippen LogP contribution is -2.37. The Bertz CT molecular complexity index is 973. The van der Waals surface area contributed by atoms with Crippen LogP contribution < -0.4 is 10.2 Å². The highest BCUT2D eigenvalue weighted by Crippen LogP contribution is 2.26. The van der Waals surface area contributed by atoms with Crippen molar-refractivity contribution in [1.29, 1.82) is 0 Å². The van der Waals surface area contributed by atoms with Crippen molar-refractivity contribution in [2.75, 3.05) is 18.0 Å². The van der Waals surface area contributed by atoms with Crippen molar-refractivity contribution in [1.82, 2.24) is 10.2 Å². The van der Waals surface area contributed by atoms with Gasteiger partial charge in [0.1, 0.15) is 11.9 Å². The van der Waals surface area contributed by atoms with Gasteiger partial charge in [-0.05, 0) is 43.2 Å². The molecule has 156 valence electrons. The molecule has 0 aromatic heterocycles. The SMILES string of the molecule is CC(=O)NCCc1ccc(C(=O)CN2C(=O)[C@@H](C)N(c3ccc(F)cc3)C2=O)cc1. The Kier molecular flexibility index (Phi) is 6.25. The van der Waals surface area contributed by atoms with Crippen LogP contribution in [0.5, 0.6) is 0 Å². The van der Waals surface area contributed by atoms with Crippen molar-refractivity contribution in [3.05, 3.63) is 65.5 Å². The van der Waals surface area contributed by atoms with Gasteiger partial charge in [-0.25, -0.2) is 9.18 Å². The Morgan fingerprint density at radius 1 is 1.03 bits per heavy atom. The first-order valence-electron chi connectivity index (χ1n) is 9.54. The van der Waals surface area contributed by atoms with Crippen LogP contribution in [-0.4, -0.2) is 47.7 Å². The fraction of sp³-hybridized carbons (Fsp3) is 0.273. The zero-order valence-electron chi connectivity index (χ0n) is 16.7. The molecule has 0 aliphatic carbocycles. The summed E-state index contributed by atoms with van der Waals surface area (Å²) in [5.41, 5.74) is 1.72. The molecule has 1 N–H and O–H groups in total. The summed E-state index contributed by atoms with van der Waals surface area (Å²) in [5, 5.41) is 2.70. The van der Waals surface area contributed by atoms with Gasteiger partial charge in [0.15, 0.2) is 5.78 Å². The lowest BCUT2D eigenvalue weighted by atomic mass is 10.1. The number of hydrogen-bond acceptors (Lipinski definition) is 4. The molecule has 0 bridgehead atoms. The number of carbonyl (C=O) groups is 4. The van der Waals surface area contributed by atoms with Crippen LogP contribution in [0.3, 0.4) is 0 Å². The number of nitrogens with one attached hydrogen (secondary N) is 1. The van der Waals surface area contributed by atoms with Gasteiger partial charge in [0, 0.05) is 24.7 Å². The summed E-state index contributed by atoms with van der Waals surface area (Å²) < 4.78 is 13.2. The molecule has 0 spiro atoms. The number of halogens is 1. The summed E-state index contributed by atoms with van der Waals surface area (Å²) in [4.78, 5) is 51.0. The molecule has 30 heavy (non-hydrogen) atoms. The minimum atomic E-state index is -0.785. The number of anilines is 1. The number of rotatable bonds is 7. The van der Waals surface area contributed by atoms with Crippen LogP contribution in [0.15, 0.2) is 48.5 Å². The first-order chi connectivity index (χ1) is 14.3. The molecular formula is C22H22FN3O4. The van der Waals surface area contributed by atoms with Gasteiger partial charge < -0.3 is 5.32 Å². The summed E-state index contributed by atoms with van der Waals surface area (Å²) in [7, 11) is 0. The van der Waals surface area contributed by atoms with E-state index in [9.17, 15) is 23.6 Å². The van der Waals surface area contributed by atoms with Gasteiger partial charge in [-0.3, -0.25) is 24.2 Å². The fourth-order valence-corrected chi connectivity index (χ4v) is 3.28. The molecule has 1 saturated heterocycles. The van der Waals surface area contributed by atoms with E-state index in [4.69, 9.17) is 0 Å². The van der Waals surface area contributed by atoms with E-state index < -0.39 is 23.8 Å². The van der Waals surface area contributed by atoms with Gasteiger partial charge in [0.05, 0.1) is 6.54 Å². The Hall–Kier alpha value is -3.55. The summed E-state index contributed by atoms with van der Waals surface area (Å²) >= 11 is 0. The molecule has 1 aliphatic rings. The van der Waals surface area contributed by atoms with E-state index in [-0.39, 0.29) is 18.2 Å². The maximum atomic E-state index is 13.2. The second-order valence-electron chi connectivity index (χ2n) is 7.08. The second-order valence-corrected chi connectivity index (χ2v) is 7.08. The van der Waals surface area contributed by atoms with Gasteiger partial charge in [-0.15, -0.1) is 0 Å². The van der Waals surface area contributed by atoms with Gasteiger partial charge in [-0.1, -0.05) is 24.3 Å². The third-order valence-electron chi connectivity index (χ3n) is 4.92. The van der Waals surface area contributed by atoms with Crippen molar-refractivity contribution in [3.8, 4) is 0 Å². The molecule has 0 unspecified atom stereocenters. The summed E-state index contributed by atoms with van der Waals surface area (Å²) in [5.74, 6) is -1.40. The fourth-order valence-electron chi connectivity index (χ4n) is 3.28. The number of urea groups is 1. The maximum Gasteiger partial charge on any atom is 0.332 e. The van der Waals surface area contributed by atoms with E-state index >= 15 is 0 Å². The molecule has 1 fully saturated rings. The minimum Gasteiger partial charge on any atom is -0.356 e. The molecule has 4 amide bonds. The molecule has 1 heterocycles. The first-order valence-corrected chi connectivity index (χ1v) is 9.54. The molecule has 8 heteroatoms. The van der Waals surface area contributed by atoms with Crippen LogP contribution in [0.2, 0.25) is 0 Å². The highest BCUT2D eigenvalue weighted by atomic mass is 19.1. The van der Waals surface area contributed by atoms with E-state index in [1.54, 1.807) is 31.2 Å². The zero-order valence-corrected chi connectivity index (χ0v) is 16.7. The molecule has 0 saturated carbocycles. The summed E-state index contributed by atoms with van der Waals surface area (Å²) in [6.07, 6.45) is 0.626. The van der Waals surface area contributed by atoms with Crippen LogP contribution in [0.4, 0.5) is 14.9 Å². The topological polar surface area (TPSA) is 86.8 Å². The van der Waals surface area contributed by atoms with Gasteiger partial charge in [0.25, 0.3) is 5.91 Å². The van der Waals surface area contributed by atoms with E-state index in [0.29, 0.717) is 24.2 Å². The van der Waals surface area contributed by atoms with Crippen LogP contribution in [0.25, 0.3) is 0 Å². The van der Waals surface area contributed by atoms with Crippen LogP contribution in [0, 0.1) is 5.82 Å². The number of Topliss-reactive ketones (excluding diaryl/α,β-unsaturated/α-hetero) is 1. The molecule has 0 radical (unpaired) electrons. The predicted molar refractivity (Wildman–Crippen MR) is 109 cm³/mol. The lowest BCUT2D eigenvalue weighted by molar-refractivity contribution is -0.126. The van der Waals surface area contributed by atoms with E-state index in [1.807, 2.05) is 0 Å². The Labute approximate surface area is 173 Å². The molecule has 1 aliphatic heterocycles. The van der Waals surface area contributed by atoms with E-state index in [0.717, 1.165) is 10.5 Å². The highest BCUT2D eigenvalue weighted by molar-refractivity contribution is 6.16. The molecule has 7 nitrogen and oxygen atoms in total. The van der Waals surface area contributed by atoms with Crippen molar-refractivity contribution in [3.63, 3.8) is 0 Å². The quantitative estimate of drug-likeness (QED) is 0.560. The molecular weight excluding hydrogens is 389 g/mol. The smallest absolute Gasteiger partial charge is 0.332 e. The monoisotopic (exact) mass is 411 g/mol. The molecule has 3 rings (SSSR count). The average molecular weight is 411 g/mol. The molecule has 2 aromatic rings. The standard InChI is InChI=1S/C22H22FN3O4/c1-14-21(29)25(22(30)26(14)19-9-7-18(23)8-10-19)13-20(28)17-5-3-16(4-6-17)11-12-24-15(2)27/h3-10,14H,11-13H2,1-2H3,(H,24,27)/t14-/m1/s1. The zero-order chi connectivity index (χ0) is 21.8. The molecule has 1 atom stereocenters. The predicted octanol–water partition coefficient (Wildman–Crippen LogP) is 2.54. The molecule has 2 aromatic carbocycles. The minimum absolute atomic E-state index is 0.106. The van der Waals surface area contributed by atoms with Crippen molar-refractivity contribution >= 4 is 29.3 Å². The highest BCUT2D eigenvalue weighted by Gasteiger charge is 2.44. The van der Waals surface area contributed by atoms with Gasteiger partial charge >= 0.3 is 6.03 Å². The van der Waals surface area contributed by atoms with Gasteiger partial charge in [-0.2, -0.15) is 0 Å². The largest absolute Gasteiger partial charge is 0.356 e. The third-order valence-corrected chi connectivity index (χ3v) is 4.92. The van der Waals surface area contributed by atoms with E-state index in [2.05, 4.69) is 5.32 Å². The lowest BCUT2D eigenvalue weighted by Gasteiger charge is -2.19. The van der Waals surface area contributed by atoms with Crippen LogP contribution >= 0.6 is 0 Å². The number of imide groups is 1. The number of nitrogens with zero attached hydrogens (tertiary/aromatic N) is 2. The number of hydrogen-bond donors (Lipinski definition) is 1. The number of benzene rings is 2. The average Bonchev–Trinajstić information content (AvgIpc) is 2.92. The van der Waals surface area contributed by atoms with Crippen molar-refractivity contribution in [2.45, 2.75) is 26.3 Å². The van der Waals surface area contributed by atoms with Gasteiger partial charge in [0.2, 0.25) is 5.91 Å². The third kappa shape index (κ3) is 4.53.